The lowest BCUT2D eigenvalue weighted by Gasteiger charge is -2.64. The summed E-state index contributed by atoms with van der Waals surface area (Å²) in [5, 5.41) is 45.0. The van der Waals surface area contributed by atoms with Crippen molar-refractivity contribution in [3.63, 3.8) is 0 Å². The average Bonchev–Trinajstić information content (AvgIpc) is 3.06. The van der Waals surface area contributed by atoms with Gasteiger partial charge < -0.3 is 25.2 Å². The van der Waals surface area contributed by atoms with E-state index in [1.54, 1.807) is 0 Å². The van der Waals surface area contributed by atoms with Crippen molar-refractivity contribution in [3.05, 3.63) is 12.2 Å². The molecule has 4 aliphatic rings. The number of hydrogen-bond donors (Lipinski definition) is 4. The van der Waals surface area contributed by atoms with E-state index in [4.69, 9.17) is 4.74 Å². The molecule has 4 N–H and O–H groups in total. The first-order valence-electron chi connectivity index (χ1n) is 14.3. The summed E-state index contributed by atoms with van der Waals surface area (Å²) in [5.41, 5.74) is -0.694. The fourth-order valence-corrected chi connectivity index (χ4v) is 9.35. The summed E-state index contributed by atoms with van der Waals surface area (Å²) in [6, 6.07) is 0. The van der Waals surface area contributed by atoms with Gasteiger partial charge in [-0.2, -0.15) is 0 Å². The van der Waals surface area contributed by atoms with E-state index >= 15 is 0 Å². The zero-order valence-corrected chi connectivity index (χ0v) is 23.3. The van der Waals surface area contributed by atoms with Gasteiger partial charge in [0, 0.05) is 12.8 Å². The maximum absolute atomic E-state index is 12.2. The third-order valence-electron chi connectivity index (χ3n) is 11.4. The summed E-state index contributed by atoms with van der Waals surface area (Å²) in [4.78, 5) is 12.2. The molecule has 4 rings (SSSR count). The van der Waals surface area contributed by atoms with Crippen molar-refractivity contribution in [3.8, 4) is 0 Å². The molecule has 0 heterocycles. The van der Waals surface area contributed by atoms with E-state index in [0.717, 1.165) is 6.42 Å². The molecule has 36 heavy (non-hydrogen) atoms. The van der Waals surface area contributed by atoms with Crippen molar-refractivity contribution >= 4 is 5.97 Å². The van der Waals surface area contributed by atoms with Gasteiger partial charge >= 0.3 is 5.97 Å². The van der Waals surface area contributed by atoms with Gasteiger partial charge in [0.2, 0.25) is 0 Å². The highest BCUT2D eigenvalue weighted by Crippen LogP contribution is 2.68. The van der Waals surface area contributed by atoms with E-state index in [9.17, 15) is 25.2 Å². The Morgan fingerprint density at radius 3 is 2.22 bits per heavy atom. The van der Waals surface area contributed by atoms with Gasteiger partial charge in [-0.1, -0.05) is 53.7 Å². The van der Waals surface area contributed by atoms with Gasteiger partial charge in [0.15, 0.2) is 0 Å². The minimum absolute atomic E-state index is 0.0145. The second kappa shape index (κ2) is 9.98. The van der Waals surface area contributed by atoms with E-state index in [1.807, 2.05) is 0 Å². The summed E-state index contributed by atoms with van der Waals surface area (Å²) in [6.45, 7) is 14.6. The van der Waals surface area contributed by atoms with Gasteiger partial charge in [0.05, 0.1) is 24.4 Å². The normalized spacial score (nSPS) is 50.3. The Kier molecular flexibility index (Phi) is 7.78. The molecule has 6 heteroatoms. The van der Waals surface area contributed by atoms with Crippen LogP contribution in [-0.2, 0) is 9.53 Å². The number of rotatable bonds is 5. The van der Waals surface area contributed by atoms with Crippen LogP contribution in [0.25, 0.3) is 0 Å². The molecule has 4 fully saturated rings. The molecule has 4 saturated carbocycles. The van der Waals surface area contributed by atoms with Crippen LogP contribution < -0.4 is 0 Å². The largest absolute Gasteiger partial charge is 0.462 e. The molecular weight excluding hydrogens is 456 g/mol. The van der Waals surface area contributed by atoms with Crippen molar-refractivity contribution in [1.29, 1.82) is 0 Å². The number of aliphatic hydroxyl groups excluding tert-OH is 4. The maximum atomic E-state index is 12.2. The van der Waals surface area contributed by atoms with Crippen LogP contribution in [0.2, 0.25) is 0 Å². The standard InChI is InChI=1S/C30H50O6/c1-15(2)16(3)8-9-17(4)25-23(36-18(5)31)13-20-24-26(22(33)14-30(20,25)7)29(6)11-10-19(32)12-21(29)27(34)28(24)35/h8-9,15-17,19-28,32-35H,10-14H2,1-7H3/b9-8+/t16?,17?,19-,20-,21+,22-,23-,24-,25-,26?,27-,28+,29-,30-/m0/s1. The van der Waals surface area contributed by atoms with Crippen molar-refractivity contribution < 1.29 is 30.0 Å². The number of allylic oxidation sites excluding steroid dienone is 2. The summed E-state index contributed by atoms with van der Waals surface area (Å²) >= 11 is 0. The van der Waals surface area contributed by atoms with E-state index < -0.39 is 24.4 Å². The quantitative estimate of drug-likeness (QED) is 0.332. The van der Waals surface area contributed by atoms with Crippen molar-refractivity contribution in [1.82, 2.24) is 0 Å². The van der Waals surface area contributed by atoms with Crippen LogP contribution in [0, 0.1) is 58.2 Å². The highest BCUT2D eigenvalue weighted by atomic mass is 16.5. The van der Waals surface area contributed by atoms with Crippen LogP contribution in [0.3, 0.4) is 0 Å². The lowest BCUT2D eigenvalue weighted by atomic mass is 9.42. The van der Waals surface area contributed by atoms with Crippen molar-refractivity contribution in [2.24, 2.45) is 58.2 Å². The zero-order valence-electron chi connectivity index (χ0n) is 23.3. The highest BCUT2D eigenvalue weighted by molar-refractivity contribution is 5.66. The molecule has 0 aromatic heterocycles. The fraction of sp³-hybridized carbons (Fsp3) is 0.900. The predicted octanol–water partition coefficient (Wildman–Crippen LogP) is 3.94. The zero-order chi connectivity index (χ0) is 26.7. The first kappa shape index (κ1) is 28.1. The van der Waals surface area contributed by atoms with Gasteiger partial charge in [-0.05, 0) is 84.4 Å². The number of fused-ring (bicyclic) bond motifs is 5. The van der Waals surface area contributed by atoms with Crippen molar-refractivity contribution in [2.75, 3.05) is 0 Å². The molecule has 0 saturated heterocycles. The number of carbonyl (C=O) groups is 1. The third kappa shape index (κ3) is 4.48. The van der Waals surface area contributed by atoms with E-state index in [0.29, 0.717) is 37.5 Å². The first-order valence-corrected chi connectivity index (χ1v) is 14.3. The Bertz CT molecular complexity index is 841. The van der Waals surface area contributed by atoms with Crippen LogP contribution in [0.5, 0.6) is 0 Å². The molecule has 14 atom stereocenters. The monoisotopic (exact) mass is 506 g/mol. The second-order valence-electron chi connectivity index (χ2n) is 13.8. The Morgan fingerprint density at radius 2 is 1.61 bits per heavy atom. The molecule has 0 amide bonds. The lowest BCUT2D eigenvalue weighted by Crippen LogP contribution is -2.67. The SMILES string of the molecule is CC(=O)O[C@H]1C[C@H]2[C@H]3C([C@@H](O)C[C@]2(C)[C@H]1C(C)/C=C/C(C)C(C)C)[C@@]1(C)CC[C@H](O)C[C@@H]1[C@H](O)[C@@H]3O. The van der Waals surface area contributed by atoms with Gasteiger partial charge in [-0.25, -0.2) is 0 Å². The van der Waals surface area contributed by atoms with E-state index in [2.05, 4.69) is 53.7 Å². The third-order valence-corrected chi connectivity index (χ3v) is 11.4. The maximum Gasteiger partial charge on any atom is 0.302 e. The van der Waals surface area contributed by atoms with Gasteiger partial charge in [-0.15, -0.1) is 0 Å². The van der Waals surface area contributed by atoms with E-state index in [1.165, 1.54) is 6.92 Å². The Balaban J connectivity index is 1.72. The van der Waals surface area contributed by atoms with Gasteiger partial charge in [0.25, 0.3) is 0 Å². The molecule has 4 aliphatic carbocycles. The van der Waals surface area contributed by atoms with Crippen LogP contribution in [-0.4, -0.2) is 56.9 Å². The van der Waals surface area contributed by atoms with E-state index in [-0.39, 0.29) is 58.4 Å². The molecule has 0 spiro atoms. The molecule has 0 aromatic carbocycles. The number of esters is 1. The summed E-state index contributed by atoms with van der Waals surface area (Å²) < 4.78 is 5.95. The topological polar surface area (TPSA) is 107 Å². The smallest absolute Gasteiger partial charge is 0.302 e. The number of aliphatic hydroxyl groups is 4. The predicted molar refractivity (Wildman–Crippen MR) is 139 cm³/mol. The minimum atomic E-state index is -0.971. The van der Waals surface area contributed by atoms with Crippen LogP contribution in [0.4, 0.5) is 0 Å². The molecule has 6 nitrogen and oxygen atoms in total. The molecule has 0 bridgehead atoms. The first-order chi connectivity index (χ1) is 16.7. The van der Waals surface area contributed by atoms with Crippen molar-refractivity contribution in [2.45, 2.75) is 111 Å². The number of carbonyl (C=O) groups excluding carboxylic acids is 1. The molecule has 0 radical (unpaired) electrons. The van der Waals surface area contributed by atoms with Gasteiger partial charge in [-0.3, -0.25) is 4.79 Å². The molecule has 206 valence electrons. The molecular formula is C30H50O6. The fourth-order valence-electron chi connectivity index (χ4n) is 9.35. The summed E-state index contributed by atoms with van der Waals surface area (Å²) in [6.07, 6.45) is 4.30. The molecule has 0 aliphatic heterocycles. The van der Waals surface area contributed by atoms with Crippen LogP contribution >= 0.6 is 0 Å². The summed E-state index contributed by atoms with van der Waals surface area (Å²) in [5.74, 6) is 0.157. The minimum Gasteiger partial charge on any atom is -0.462 e. The Morgan fingerprint density at radius 1 is 0.944 bits per heavy atom. The van der Waals surface area contributed by atoms with Gasteiger partial charge in [0.1, 0.15) is 6.10 Å². The molecule has 0 aromatic rings. The van der Waals surface area contributed by atoms with Crippen LogP contribution in [0.15, 0.2) is 12.2 Å². The highest BCUT2D eigenvalue weighted by Gasteiger charge is 2.69. The average molecular weight is 507 g/mol. The van der Waals surface area contributed by atoms with Crippen LogP contribution in [0.1, 0.15) is 80.6 Å². The molecule has 3 unspecified atom stereocenters. The Hall–Kier alpha value is -0.950. The lowest BCUT2D eigenvalue weighted by molar-refractivity contribution is -0.249. The number of ether oxygens (including phenoxy) is 1. The Labute approximate surface area is 217 Å². The second-order valence-corrected chi connectivity index (χ2v) is 13.8. The summed E-state index contributed by atoms with van der Waals surface area (Å²) in [7, 11) is 0. The number of hydrogen-bond acceptors (Lipinski definition) is 6.